The molecule has 2 N–H and O–H groups in total. The summed E-state index contributed by atoms with van der Waals surface area (Å²) in [5, 5.41) is 2.09. The van der Waals surface area contributed by atoms with Crippen molar-refractivity contribution in [2.45, 2.75) is 6.42 Å². The second-order valence-electron chi connectivity index (χ2n) is 4.72. The predicted molar refractivity (Wildman–Crippen MR) is 89.6 cm³/mol. The fraction of sp³-hybridized carbons (Fsp3) is 0.125. The summed E-state index contributed by atoms with van der Waals surface area (Å²) < 4.78 is 5.69. The van der Waals surface area contributed by atoms with Crippen molar-refractivity contribution in [1.29, 1.82) is 0 Å². The van der Waals surface area contributed by atoms with Crippen molar-refractivity contribution in [2.24, 2.45) is 0 Å². The highest BCUT2D eigenvalue weighted by Gasteiger charge is 2.08. The number of aromatic nitrogens is 2. The van der Waals surface area contributed by atoms with Crippen molar-refractivity contribution in [3.8, 4) is 5.75 Å². The van der Waals surface area contributed by atoms with Crippen LogP contribution in [-0.4, -0.2) is 16.6 Å². The van der Waals surface area contributed by atoms with Gasteiger partial charge in [0.2, 0.25) is 5.95 Å². The molecule has 4 nitrogen and oxygen atoms in total. The Labute approximate surface area is 137 Å². The highest BCUT2D eigenvalue weighted by molar-refractivity contribution is 6.32. The van der Waals surface area contributed by atoms with Crippen LogP contribution < -0.4 is 10.5 Å². The van der Waals surface area contributed by atoms with E-state index < -0.39 is 0 Å². The molecule has 0 radical (unpaired) electrons. The van der Waals surface area contributed by atoms with E-state index in [0.29, 0.717) is 28.8 Å². The quantitative estimate of drug-likeness (QED) is 0.779. The van der Waals surface area contributed by atoms with E-state index in [1.54, 1.807) is 12.1 Å². The minimum atomic E-state index is 0.238. The third kappa shape index (κ3) is 3.24. The lowest BCUT2D eigenvalue weighted by molar-refractivity contribution is 0.321. The minimum Gasteiger partial charge on any atom is -0.492 e. The standard InChI is InChI=1S/C16H13Cl2N3O/c17-10-5-6-13-11(9-10)14(21-16(19)20-13)7-8-22-15-4-2-1-3-12(15)18/h1-6,9H,7-8H2,(H2,19,20,21). The first-order valence-corrected chi connectivity index (χ1v) is 7.48. The number of benzene rings is 2. The summed E-state index contributed by atoms with van der Waals surface area (Å²) in [4.78, 5) is 8.49. The van der Waals surface area contributed by atoms with Crippen molar-refractivity contribution < 1.29 is 4.74 Å². The maximum Gasteiger partial charge on any atom is 0.220 e. The fourth-order valence-electron chi connectivity index (χ4n) is 2.19. The number of nitrogens with two attached hydrogens (primary N) is 1. The van der Waals surface area contributed by atoms with Gasteiger partial charge >= 0.3 is 0 Å². The van der Waals surface area contributed by atoms with Crippen LogP contribution in [-0.2, 0) is 6.42 Å². The van der Waals surface area contributed by atoms with Crippen LogP contribution in [0.2, 0.25) is 10.0 Å². The van der Waals surface area contributed by atoms with Crippen molar-refractivity contribution in [1.82, 2.24) is 9.97 Å². The van der Waals surface area contributed by atoms with E-state index in [1.165, 1.54) is 0 Å². The first-order chi connectivity index (χ1) is 10.6. The molecule has 0 amide bonds. The summed E-state index contributed by atoms with van der Waals surface area (Å²) in [7, 11) is 0. The SMILES string of the molecule is Nc1nc(CCOc2ccccc2Cl)c2cc(Cl)ccc2n1. The van der Waals surface area contributed by atoms with Crippen LogP contribution in [0.3, 0.4) is 0 Å². The summed E-state index contributed by atoms with van der Waals surface area (Å²) in [6, 6.07) is 12.8. The number of nitrogens with zero attached hydrogens (tertiary/aromatic N) is 2. The topological polar surface area (TPSA) is 61.0 Å². The molecular weight excluding hydrogens is 321 g/mol. The number of para-hydroxylation sites is 1. The maximum atomic E-state index is 6.06. The molecule has 6 heteroatoms. The lowest BCUT2D eigenvalue weighted by atomic mass is 10.1. The Hall–Kier alpha value is -2.04. The normalized spacial score (nSPS) is 10.8. The highest BCUT2D eigenvalue weighted by Crippen LogP contribution is 2.24. The molecule has 0 aliphatic rings. The molecule has 3 aromatic rings. The number of ether oxygens (including phenoxy) is 1. The molecule has 22 heavy (non-hydrogen) atoms. The summed E-state index contributed by atoms with van der Waals surface area (Å²) >= 11 is 12.1. The molecule has 0 fully saturated rings. The number of hydrogen-bond donors (Lipinski definition) is 1. The van der Waals surface area contributed by atoms with Gasteiger partial charge in [0.1, 0.15) is 5.75 Å². The molecule has 112 valence electrons. The number of hydrogen-bond acceptors (Lipinski definition) is 4. The van der Waals surface area contributed by atoms with Gasteiger partial charge in [0.25, 0.3) is 0 Å². The van der Waals surface area contributed by atoms with Gasteiger partial charge in [0.15, 0.2) is 0 Å². The van der Waals surface area contributed by atoms with Gasteiger partial charge in [-0.3, -0.25) is 0 Å². The van der Waals surface area contributed by atoms with Gasteiger partial charge < -0.3 is 10.5 Å². The summed E-state index contributed by atoms with van der Waals surface area (Å²) in [6.45, 7) is 0.432. The van der Waals surface area contributed by atoms with Gasteiger partial charge in [-0.25, -0.2) is 9.97 Å². The molecule has 0 unspecified atom stereocenters. The molecule has 0 aliphatic heterocycles. The Morgan fingerprint density at radius 1 is 1.05 bits per heavy atom. The third-order valence-electron chi connectivity index (χ3n) is 3.19. The number of anilines is 1. The average molecular weight is 334 g/mol. The zero-order chi connectivity index (χ0) is 15.5. The fourth-order valence-corrected chi connectivity index (χ4v) is 2.56. The molecule has 0 saturated carbocycles. The Morgan fingerprint density at radius 2 is 1.86 bits per heavy atom. The molecule has 0 aliphatic carbocycles. The third-order valence-corrected chi connectivity index (χ3v) is 3.73. The number of fused-ring (bicyclic) bond motifs is 1. The summed E-state index contributed by atoms with van der Waals surface area (Å²) in [6.07, 6.45) is 0.578. The van der Waals surface area contributed by atoms with Crippen LogP contribution in [0.25, 0.3) is 10.9 Å². The van der Waals surface area contributed by atoms with Gasteiger partial charge in [0.05, 0.1) is 22.8 Å². The molecule has 0 bridgehead atoms. The Balaban J connectivity index is 1.82. The van der Waals surface area contributed by atoms with E-state index in [4.69, 9.17) is 33.7 Å². The Kier molecular flexibility index (Phi) is 4.32. The van der Waals surface area contributed by atoms with Crippen LogP contribution in [0.1, 0.15) is 5.69 Å². The molecule has 3 rings (SSSR count). The average Bonchev–Trinajstić information content (AvgIpc) is 2.50. The highest BCUT2D eigenvalue weighted by atomic mass is 35.5. The largest absolute Gasteiger partial charge is 0.492 e. The van der Waals surface area contributed by atoms with E-state index >= 15 is 0 Å². The second-order valence-corrected chi connectivity index (χ2v) is 5.56. The van der Waals surface area contributed by atoms with Crippen molar-refractivity contribution in [2.75, 3.05) is 12.3 Å². The number of halogens is 2. The van der Waals surface area contributed by atoms with Gasteiger partial charge in [-0.15, -0.1) is 0 Å². The molecule has 0 spiro atoms. The molecule has 0 atom stereocenters. The van der Waals surface area contributed by atoms with Crippen LogP contribution in [0.15, 0.2) is 42.5 Å². The summed E-state index contributed by atoms with van der Waals surface area (Å²) in [5.41, 5.74) is 7.32. The smallest absolute Gasteiger partial charge is 0.220 e. The second kappa shape index (κ2) is 6.38. The molecule has 1 aromatic heterocycles. The zero-order valence-electron chi connectivity index (χ0n) is 11.6. The van der Waals surface area contributed by atoms with E-state index in [2.05, 4.69) is 9.97 Å². The lowest BCUT2D eigenvalue weighted by Crippen LogP contribution is -2.06. The monoisotopic (exact) mass is 333 g/mol. The summed E-state index contributed by atoms with van der Waals surface area (Å²) in [5.74, 6) is 0.885. The van der Waals surface area contributed by atoms with Crippen LogP contribution in [0, 0.1) is 0 Å². The Bertz CT molecular complexity index is 824. The van der Waals surface area contributed by atoms with Crippen molar-refractivity contribution in [3.05, 3.63) is 58.2 Å². The first-order valence-electron chi connectivity index (χ1n) is 6.72. The Morgan fingerprint density at radius 3 is 2.68 bits per heavy atom. The van der Waals surface area contributed by atoms with Crippen LogP contribution >= 0.6 is 23.2 Å². The molecule has 1 heterocycles. The molecule has 2 aromatic carbocycles. The number of rotatable bonds is 4. The van der Waals surface area contributed by atoms with Crippen LogP contribution in [0.4, 0.5) is 5.95 Å². The first kappa shape index (κ1) is 14.9. The predicted octanol–water partition coefficient (Wildman–Crippen LogP) is 4.14. The zero-order valence-corrected chi connectivity index (χ0v) is 13.1. The van der Waals surface area contributed by atoms with Gasteiger partial charge in [-0.1, -0.05) is 35.3 Å². The van der Waals surface area contributed by atoms with Crippen LogP contribution in [0.5, 0.6) is 5.75 Å². The van der Waals surface area contributed by atoms with E-state index in [-0.39, 0.29) is 5.95 Å². The van der Waals surface area contributed by atoms with E-state index in [1.807, 2.05) is 30.3 Å². The van der Waals surface area contributed by atoms with Crippen molar-refractivity contribution in [3.63, 3.8) is 0 Å². The molecule has 0 saturated heterocycles. The van der Waals surface area contributed by atoms with E-state index in [9.17, 15) is 0 Å². The number of nitrogen functional groups attached to an aromatic ring is 1. The lowest BCUT2D eigenvalue weighted by Gasteiger charge is -2.09. The molecular formula is C16H13Cl2N3O. The maximum absolute atomic E-state index is 6.06. The van der Waals surface area contributed by atoms with E-state index in [0.717, 1.165) is 16.6 Å². The van der Waals surface area contributed by atoms with Gasteiger partial charge in [-0.05, 0) is 30.3 Å². The minimum absolute atomic E-state index is 0.238. The van der Waals surface area contributed by atoms with Gasteiger partial charge in [-0.2, -0.15) is 0 Å². The van der Waals surface area contributed by atoms with Crippen molar-refractivity contribution >= 4 is 40.1 Å². The van der Waals surface area contributed by atoms with Gasteiger partial charge in [0, 0.05) is 16.8 Å².